The molecule has 2 fully saturated rings. The summed E-state index contributed by atoms with van der Waals surface area (Å²) >= 11 is 0. The van der Waals surface area contributed by atoms with Gasteiger partial charge >= 0.3 is 0 Å². The molecule has 1 saturated carbocycles. The normalized spacial score (nSPS) is 21.7. The minimum Gasteiger partial charge on any atom is -0.340 e. The van der Waals surface area contributed by atoms with Gasteiger partial charge in [-0.1, -0.05) is 41.4 Å². The van der Waals surface area contributed by atoms with Gasteiger partial charge < -0.3 is 15.2 Å². The van der Waals surface area contributed by atoms with Crippen molar-refractivity contribution in [3.63, 3.8) is 0 Å². The predicted molar refractivity (Wildman–Crippen MR) is 121 cm³/mol. The Kier molecular flexibility index (Phi) is 9.09. The first-order valence-electron chi connectivity index (χ1n) is 10.2. The zero-order valence-corrected chi connectivity index (χ0v) is 19.0. The van der Waals surface area contributed by atoms with Gasteiger partial charge in [0.15, 0.2) is 0 Å². The lowest BCUT2D eigenvalue weighted by Crippen LogP contribution is -2.50. The van der Waals surface area contributed by atoms with E-state index in [1.807, 2.05) is 29.2 Å². The van der Waals surface area contributed by atoms with Crippen LogP contribution in [-0.2, 0) is 11.3 Å². The summed E-state index contributed by atoms with van der Waals surface area (Å²) < 4.78 is 5.44. The van der Waals surface area contributed by atoms with Crippen molar-refractivity contribution in [3.05, 3.63) is 35.7 Å². The standard InChI is InChI=1S/C21H29N5O2.2ClH/c1-15-5-7-16(8-6-15)20-23-19(28-24-20)14-25-9-11-26(12-10-25)21(27)18-4-2-3-17(18)13-22;;/h5-8,17-18H,2-4,9-14,22H2,1H3;2*1H/t17-,18-;;/m1../s1. The summed E-state index contributed by atoms with van der Waals surface area (Å²) in [7, 11) is 0. The summed E-state index contributed by atoms with van der Waals surface area (Å²) in [6.45, 7) is 6.46. The summed E-state index contributed by atoms with van der Waals surface area (Å²) in [6, 6.07) is 8.10. The molecule has 1 aliphatic carbocycles. The Hall–Kier alpha value is -1.67. The van der Waals surface area contributed by atoms with E-state index in [4.69, 9.17) is 10.3 Å². The number of aromatic nitrogens is 2. The van der Waals surface area contributed by atoms with Crippen LogP contribution in [0.25, 0.3) is 11.4 Å². The molecule has 2 aliphatic rings. The van der Waals surface area contributed by atoms with Gasteiger partial charge in [-0.15, -0.1) is 24.8 Å². The summed E-state index contributed by atoms with van der Waals surface area (Å²) in [4.78, 5) is 21.6. The molecule has 0 radical (unpaired) electrons. The molecule has 1 aromatic heterocycles. The third kappa shape index (κ3) is 5.52. The van der Waals surface area contributed by atoms with Crippen LogP contribution in [0.3, 0.4) is 0 Å². The highest BCUT2D eigenvalue weighted by Crippen LogP contribution is 2.32. The number of rotatable bonds is 5. The molecule has 1 aromatic carbocycles. The van der Waals surface area contributed by atoms with Crippen LogP contribution in [0, 0.1) is 18.8 Å². The zero-order chi connectivity index (χ0) is 19.5. The minimum absolute atomic E-state index is 0. The maximum absolute atomic E-state index is 12.8. The third-order valence-electron chi connectivity index (χ3n) is 6.10. The highest BCUT2D eigenvalue weighted by atomic mass is 35.5. The van der Waals surface area contributed by atoms with Crippen molar-refractivity contribution in [2.75, 3.05) is 32.7 Å². The molecule has 2 aromatic rings. The number of aryl methyl sites for hydroxylation is 1. The average molecular weight is 456 g/mol. The van der Waals surface area contributed by atoms with Crippen LogP contribution in [0.1, 0.15) is 30.7 Å². The number of benzene rings is 1. The topological polar surface area (TPSA) is 88.5 Å². The van der Waals surface area contributed by atoms with E-state index < -0.39 is 0 Å². The van der Waals surface area contributed by atoms with Gasteiger partial charge in [0.2, 0.25) is 17.6 Å². The van der Waals surface area contributed by atoms with Crippen LogP contribution < -0.4 is 5.73 Å². The van der Waals surface area contributed by atoms with Crippen LogP contribution in [0.15, 0.2) is 28.8 Å². The summed E-state index contributed by atoms with van der Waals surface area (Å²) in [5.74, 6) is 2.04. The van der Waals surface area contributed by atoms with Gasteiger partial charge in [-0.05, 0) is 32.2 Å². The van der Waals surface area contributed by atoms with E-state index >= 15 is 0 Å². The van der Waals surface area contributed by atoms with Gasteiger partial charge in [0, 0.05) is 37.7 Å². The van der Waals surface area contributed by atoms with Gasteiger partial charge in [0.05, 0.1) is 6.54 Å². The number of piperazine rings is 1. The van der Waals surface area contributed by atoms with Gasteiger partial charge in [-0.3, -0.25) is 9.69 Å². The second kappa shape index (κ2) is 11.1. The maximum Gasteiger partial charge on any atom is 0.241 e. The molecule has 2 N–H and O–H groups in total. The van der Waals surface area contributed by atoms with E-state index in [9.17, 15) is 4.79 Å². The van der Waals surface area contributed by atoms with E-state index in [1.165, 1.54) is 5.56 Å². The molecule has 166 valence electrons. The second-order valence-electron chi connectivity index (χ2n) is 8.01. The third-order valence-corrected chi connectivity index (χ3v) is 6.10. The highest BCUT2D eigenvalue weighted by molar-refractivity contribution is 5.85. The number of hydrogen-bond donors (Lipinski definition) is 1. The Morgan fingerprint density at radius 3 is 2.50 bits per heavy atom. The van der Waals surface area contributed by atoms with E-state index in [0.29, 0.717) is 36.6 Å². The molecular weight excluding hydrogens is 425 g/mol. The SMILES string of the molecule is Cc1ccc(-c2noc(CN3CCN(C(=O)[C@@H]4CCC[C@@H]4CN)CC3)n2)cc1.Cl.Cl. The van der Waals surface area contributed by atoms with Crippen molar-refractivity contribution in [1.82, 2.24) is 19.9 Å². The van der Waals surface area contributed by atoms with Crippen molar-refractivity contribution in [3.8, 4) is 11.4 Å². The minimum atomic E-state index is 0. The lowest BCUT2D eigenvalue weighted by Gasteiger charge is -2.36. The Bertz CT molecular complexity index is 806. The molecule has 1 aliphatic heterocycles. The molecule has 0 spiro atoms. The quantitative estimate of drug-likeness (QED) is 0.745. The largest absolute Gasteiger partial charge is 0.340 e. The summed E-state index contributed by atoms with van der Waals surface area (Å²) in [5.41, 5.74) is 8.01. The fourth-order valence-electron chi connectivity index (χ4n) is 4.34. The smallest absolute Gasteiger partial charge is 0.241 e. The van der Waals surface area contributed by atoms with E-state index in [1.54, 1.807) is 0 Å². The Labute approximate surface area is 190 Å². The van der Waals surface area contributed by atoms with Crippen LogP contribution >= 0.6 is 24.8 Å². The first-order chi connectivity index (χ1) is 13.6. The monoisotopic (exact) mass is 455 g/mol. The van der Waals surface area contributed by atoms with Gasteiger partial charge in [-0.2, -0.15) is 4.98 Å². The molecule has 1 saturated heterocycles. The number of carbonyl (C=O) groups is 1. The van der Waals surface area contributed by atoms with Crippen LogP contribution in [-0.4, -0.2) is 58.6 Å². The number of amides is 1. The van der Waals surface area contributed by atoms with Crippen molar-refractivity contribution in [2.45, 2.75) is 32.7 Å². The lowest BCUT2D eigenvalue weighted by molar-refractivity contribution is -0.138. The average Bonchev–Trinajstić information content (AvgIpc) is 3.38. The first kappa shape index (κ1) is 24.6. The van der Waals surface area contributed by atoms with E-state index in [-0.39, 0.29) is 30.7 Å². The number of nitrogens with two attached hydrogens (primary N) is 1. The number of hydrogen-bond acceptors (Lipinski definition) is 6. The fraction of sp³-hybridized carbons (Fsp3) is 0.571. The first-order valence-corrected chi connectivity index (χ1v) is 10.2. The van der Waals surface area contributed by atoms with E-state index in [0.717, 1.165) is 51.0 Å². The summed E-state index contributed by atoms with van der Waals surface area (Å²) in [6.07, 6.45) is 3.21. The number of nitrogens with zero attached hydrogens (tertiary/aromatic N) is 4. The molecule has 30 heavy (non-hydrogen) atoms. The molecule has 4 rings (SSSR count). The predicted octanol–water partition coefficient (Wildman–Crippen LogP) is 2.91. The summed E-state index contributed by atoms with van der Waals surface area (Å²) in [5, 5.41) is 4.11. The maximum atomic E-state index is 12.8. The molecule has 9 heteroatoms. The van der Waals surface area contributed by atoms with Crippen molar-refractivity contribution >= 4 is 30.7 Å². The number of carbonyl (C=O) groups excluding carboxylic acids is 1. The van der Waals surface area contributed by atoms with E-state index in [2.05, 4.69) is 22.0 Å². The molecule has 2 heterocycles. The van der Waals surface area contributed by atoms with Gasteiger partial charge in [-0.25, -0.2) is 0 Å². The molecule has 1 amide bonds. The number of halogens is 2. The van der Waals surface area contributed by atoms with Crippen molar-refractivity contribution in [1.29, 1.82) is 0 Å². The lowest BCUT2D eigenvalue weighted by atomic mass is 9.94. The van der Waals surface area contributed by atoms with Crippen molar-refractivity contribution in [2.24, 2.45) is 17.6 Å². The second-order valence-corrected chi connectivity index (χ2v) is 8.01. The molecule has 0 bridgehead atoms. The Morgan fingerprint density at radius 1 is 1.13 bits per heavy atom. The van der Waals surface area contributed by atoms with Gasteiger partial charge in [0.1, 0.15) is 0 Å². The Morgan fingerprint density at radius 2 is 1.83 bits per heavy atom. The van der Waals surface area contributed by atoms with Crippen molar-refractivity contribution < 1.29 is 9.32 Å². The highest BCUT2D eigenvalue weighted by Gasteiger charge is 2.35. The Balaban J connectivity index is 0.00000160. The van der Waals surface area contributed by atoms with Crippen LogP contribution in [0.4, 0.5) is 0 Å². The zero-order valence-electron chi connectivity index (χ0n) is 17.3. The molecule has 2 atom stereocenters. The molecule has 7 nitrogen and oxygen atoms in total. The fourth-order valence-corrected chi connectivity index (χ4v) is 4.34. The van der Waals surface area contributed by atoms with Crippen LogP contribution in [0.2, 0.25) is 0 Å². The van der Waals surface area contributed by atoms with Gasteiger partial charge in [0.25, 0.3) is 0 Å². The van der Waals surface area contributed by atoms with Crippen LogP contribution in [0.5, 0.6) is 0 Å². The molecule has 0 unspecified atom stereocenters. The molecular formula is C21H31Cl2N5O2.